The SMILES string of the molecule is COc1ccc(F)cc1C(=O)NCc1ccc(-c2nc(-c3ccccc3Cl)cc3[nH]nc(N)c23)cc1. The van der Waals surface area contributed by atoms with Crippen LogP contribution in [-0.2, 0) is 6.54 Å². The highest BCUT2D eigenvalue weighted by atomic mass is 35.5. The summed E-state index contributed by atoms with van der Waals surface area (Å²) in [6.45, 7) is 0.245. The number of hydrogen-bond donors (Lipinski definition) is 3. The van der Waals surface area contributed by atoms with Crippen molar-refractivity contribution in [1.29, 1.82) is 0 Å². The molecular formula is C27H21ClFN5O2. The van der Waals surface area contributed by atoms with E-state index in [0.29, 0.717) is 33.4 Å². The molecule has 0 aliphatic rings. The van der Waals surface area contributed by atoms with Gasteiger partial charge in [0.15, 0.2) is 5.82 Å². The van der Waals surface area contributed by atoms with Crippen molar-refractivity contribution in [3.63, 3.8) is 0 Å². The quantitative estimate of drug-likeness (QED) is 0.280. The van der Waals surface area contributed by atoms with Crippen molar-refractivity contribution < 1.29 is 13.9 Å². The number of nitrogens with one attached hydrogen (secondary N) is 2. The van der Waals surface area contributed by atoms with Crippen LogP contribution in [0.2, 0.25) is 5.02 Å². The number of rotatable bonds is 6. The molecule has 4 N–H and O–H groups in total. The van der Waals surface area contributed by atoms with E-state index in [-0.39, 0.29) is 12.1 Å². The van der Waals surface area contributed by atoms with Crippen LogP contribution in [0.3, 0.4) is 0 Å². The number of aromatic nitrogens is 3. The number of amides is 1. The molecule has 0 fully saturated rings. The third-order valence-corrected chi connectivity index (χ3v) is 6.14. The number of nitrogens with zero attached hydrogens (tertiary/aromatic N) is 2. The van der Waals surface area contributed by atoms with Gasteiger partial charge in [-0.1, -0.05) is 54.1 Å². The highest BCUT2D eigenvalue weighted by molar-refractivity contribution is 6.33. The molecular weight excluding hydrogens is 481 g/mol. The van der Waals surface area contributed by atoms with E-state index < -0.39 is 11.7 Å². The van der Waals surface area contributed by atoms with Crippen molar-refractivity contribution in [2.45, 2.75) is 6.54 Å². The van der Waals surface area contributed by atoms with Gasteiger partial charge in [-0.15, -0.1) is 0 Å². The van der Waals surface area contributed by atoms with Gasteiger partial charge < -0.3 is 15.8 Å². The van der Waals surface area contributed by atoms with Gasteiger partial charge >= 0.3 is 0 Å². The number of aromatic amines is 1. The summed E-state index contributed by atoms with van der Waals surface area (Å²) in [7, 11) is 1.43. The molecule has 36 heavy (non-hydrogen) atoms. The number of anilines is 1. The number of fused-ring (bicyclic) bond motifs is 1. The number of methoxy groups -OCH3 is 1. The number of benzene rings is 3. The molecule has 5 aromatic rings. The molecule has 0 radical (unpaired) electrons. The maximum atomic E-state index is 13.6. The Morgan fingerprint density at radius 3 is 2.64 bits per heavy atom. The molecule has 0 saturated carbocycles. The molecule has 3 aromatic carbocycles. The van der Waals surface area contributed by atoms with E-state index in [1.54, 1.807) is 0 Å². The van der Waals surface area contributed by atoms with Crippen molar-refractivity contribution in [2.24, 2.45) is 0 Å². The van der Waals surface area contributed by atoms with Crippen LogP contribution in [0.1, 0.15) is 15.9 Å². The number of hydrogen-bond acceptors (Lipinski definition) is 5. The number of halogens is 2. The van der Waals surface area contributed by atoms with E-state index >= 15 is 0 Å². The first-order valence-corrected chi connectivity index (χ1v) is 11.4. The highest BCUT2D eigenvalue weighted by Gasteiger charge is 2.17. The minimum atomic E-state index is -0.512. The van der Waals surface area contributed by atoms with Crippen LogP contribution < -0.4 is 15.8 Å². The molecule has 0 atom stereocenters. The third-order valence-electron chi connectivity index (χ3n) is 5.81. The zero-order valence-electron chi connectivity index (χ0n) is 19.2. The molecule has 1 amide bonds. The Balaban J connectivity index is 1.43. The zero-order chi connectivity index (χ0) is 25.2. The van der Waals surface area contributed by atoms with E-state index in [2.05, 4.69) is 15.5 Å². The molecule has 0 bridgehead atoms. The Bertz CT molecular complexity index is 1580. The zero-order valence-corrected chi connectivity index (χ0v) is 19.9. The number of carbonyl (C=O) groups excluding carboxylic acids is 1. The van der Waals surface area contributed by atoms with Crippen LogP contribution in [0, 0.1) is 5.82 Å². The number of carbonyl (C=O) groups is 1. The number of H-pyrrole nitrogens is 1. The Kier molecular flexibility index (Phi) is 6.26. The largest absolute Gasteiger partial charge is 0.496 e. The van der Waals surface area contributed by atoms with E-state index in [9.17, 15) is 9.18 Å². The molecule has 0 spiro atoms. The molecule has 2 heterocycles. The predicted octanol–water partition coefficient (Wildman–Crippen LogP) is 5.61. The lowest BCUT2D eigenvalue weighted by molar-refractivity contribution is 0.0947. The Hall–Kier alpha value is -4.43. The van der Waals surface area contributed by atoms with E-state index in [1.807, 2.05) is 54.6 Å². The molecule has 0 aliphatic heterocycles. The average Bonchev–Trinajstić information content (AvgIpc) is 3.28. The van der Waals surface area contributed by atoms with E-state index in [1.165, 1.54) is 19.2 Å². The minimum absolute atomic E-state index is 0.132. The molecule has 0 aliphatic carbocycles. The van der Waals surface area contributed by atoms with Crippen LogP contribution >= 0.6 is 11.6 Å². The van der Waals surface area contributed by atoms with Crippen LogP contribution in [0.25, 0.3) is 33.4 Å². The molecule has 7 nitrogen and oxygen atoms in total. The van der Waals surface area contributed by atoms with Gasteiger partial charge in [-0.2, -0.15) is 5.10 Å². The third kappa shape index (κ3) is 4.46. The summed E-state index contributed by atoms with van der Waals surface area (Å²) in [6.07, 6.45) is 0. The summed E-state index contributed by atoms with van der Waals surface area (Å²) in [5.41, 5.74) is 10.8. The number of ether oxygens (including phenoxy) is 1. The highest BCUT2D eigenvalue weighted by Crippen LogP contribution is 2.35. The summed E-state index contributed by atoms with van der Waals surface area (Å²) >= 11 is 6.41. The van der Waals surface area contributed by atoms with Crippen LogP contribution in [-0.4, -0.2) is 28.2 Å². The van der Waals surface area contributed by atoms with E-state index in [0.717, 1.165) is 28.3 Å². The second-order valence-electron chi connectivity index (χ2n) is 8.09. The van der Waals surface area contributed by atoms with Crippen molar-refractivity contribution in [1.82, 2.24) is 20.5 Å². The Morgan fingerprint density at radius 1 is 1.11 bits per heavy atom. The van der Waals surface area contributed by atoms with Crippen LogP contribution in [0.5, 0.6) is 5.75 Å². The molecule has 9 heteroatoms. The monoisotopic (exact) mass is 501 g/mol. The van der Waals surface area contributed by atoms with Crippen molar-refractivity contribution in [3.05, 3.63) is 94.8 Å². The molecule has 180 valence electrons. The van der Waals surface area contributed by atoms with Gasteiger partial charge in [0.1, 0.15) is 11.6 Å². The summed E-state index contributed by atoms with van der Waals surface area (Å²) in [5.74, 6) is -0.298. The normalized spacial score (nSPS) is 11.0. The first-order valence-electron chi connectivity index (χ1n) is 11.0. The molecule has 0 unspecified atom stereocenters. The second-order valence-corrected chi connectivity index (χ2v) is 8.50. The summed E-state index contributed by atoms with van der Waals surface area (Å²) in [4.78, 5) is 17.5. The van der Waals surface area contributed by atoms with Gasteiger partial charge in [0.05, 0.1) is 35.0 Å². The second kappa shape index (κ2) is 9.67. The Labute approximate surface area is 211 Å². The Morgan fingerprint density at radius 2 is 1.89 bits per heavy atom. The maximum absolute atomic E-state index is 13.6. The van der Waals surface area contributed by atoms with Gasteiger partial charge in [0.2, 0.25) is 0 Å². The molecule has 2 aromatic heterocycles. The molecule has 5 rings (SSSR count). The van der Waals surface area contributed by atoms with Crippen LogP contribution in [0.15, 0.2) is 72.8 Å². The fourth-order valence-electron chi connectivity index (χ4n) is 4.00. The van der Waals surface area contributed by atoms with Gasteiger partial charge in [0.25, 0.3) is 5.91 Å². The lowest BCUT2D eigenvalue weighted by Crippen LogP contribution is -2.23. The lowest BCUT2D eigenvalue weighted by Gasteiger charge is -2.11. The van der Waals surface area contributed by atoms with Gasteiger partial charge in [-0.25, -0.2) is 9.37 Å². The van der Waals surface area contributed by atoms with Gasteiger partial charge in [-0.3, -0.25) is 9.89 Å². The first kappa shape index (κ1) is 23.3. The van der Waals surface area contributed by atoms with Crippen molar-refractivity contribution >= 4 is 34.2 Å². The fourth-order valence-corrected chi connectivity index (χ4v) is 4.23. The van der Waals surface area contributed by atoms with Gasteiger partial charge in [-0.05, 0) is 35.9 Å². The smallest absolute Gasteiger partial charge is 0.255 e. The van der Waals surface area contributed by atoms with E-state index in [4.69, 9.17) is 27.1 Å². The minimum Gasteiger partial charge on any atom is -0.496 e. The average molecular weight is 502 g/mol. The first-order chi connectivity index (χ1) is 17.4. The molecule has 0 saturated heterocycles. The summed E-state index contributed by atoms with van der Waals surface area (Å²) < 4.78 is 18.8. The summed E-state index contributed by atoms with van der Waals surface area (Å²) in [6, 6.07) is 20.7. The maximum Gasteiger partial charge on any atom is 0.255 e. The van der Waals surface area contributed by atoms with Gasteiger partial charge in [0, 0.05) is 22.7 Å². The number of nitrogen functional groups attached to an aromatic ring is 1. The summed E-state index contributed by atoms with van der Waals surface area (Å²) in [5, 5.41) is 11.2. The number of pyridine rings is 1. The van der Waals surface area contributed by atoms with Crippen LogP contribution in [0.4, 0.5) is 10.2 Å². The standard InChI is InChI=1S/C27H21ClFN5O2/c1-36-23-11-10-17(29)12-19(23)27(35)31-14-15-6-8-16(9-7-15)25-24-22(33-34-26(24)30)13-21(32-25)18-4-2-3-5-20(18)28/h2-13H,14H2,1H3,(H,31,35)(H3,30,33,34). The fraction of sp³-hybridized carbons (Fsp3) is 0.0741. The van der Waals surface area contributed by atoms with Crippen molar-refractivity contribution in [2.75, 3.05) is 12.8 Å². The lowest BCUT2D eigenvalue weighted by atomic mass is 10.0. The topological polar surface area (TPSA) is 106 Å². The number of nitrogens with two attached hydrogens (primary N) is 1. The van der Waals surface area contributed by atoms with Crippen molar-refractivity contribution in [3.8, 4) is 28.3 Å². The predicted molar refractivity (Wildman–Crippen MR) is 138 cm³/mol.